The fourth-order valence-corrected chi connectivity index (χ4v) is 11.9. The van der Waals surface area contributed by atoms with E-state index in [1.54, 1.807) is 0 Å². The first kappa shape index (κ1) is 42.6. The van der Waals surface area contributed by atoms with Crippen molar-refractivity contribution in [3.05, 3.63) is 226 Å². The van der Waals surface area contributed by atoms with Gasteiger partial charge in [-0.2, -0.15) is 10.5 Å². The molecule has 4 heterocycles. The molecule has 0 fully saturated rings. The Morgan fingerprint density at radius 2 is 0.868 bits per heavy atom. The fraction of sp³-hybridized carbons (Fsp3) is 0.0690. The van der Waals surface area contributed by atoms with Gasteiger partial charge >= 0.3 is 13.7 Å². The van der Waals surface area contributed by atoms with Gasteiger partial charge in [-0.25, -0.2) is 9.97 Å². The van der Waals surface area contributed by atoms with Gasteiger partial charge in [-0.1, -0.05) is 206 Å². The summed E-state index contributed by atoms with van der Waals surface area (Å²) in [5, 5.41) is 28.5. The van der Waals surface area contributed by atoms with Crippen LogP contribution < -0.4 is 32.5 Å². The molecule has 0 saturated carbocycles. The molecule has 11 rings (SSSR count). The lowest BCUT2D eigenvalue weighted by Crippen LogP contribution is -2.54. The Labute approximate surface area is 403 Å². The van der Waals surface area contributed by atoms with Crippen molar-refractivity contribution in [2.45, 2.75) is 26.7 Å². The molecule has 0 saturated heterocycles. The molecule has 0 radical (unpaired) electrons. The number of nitriles is 2. The molecule has 6 nitrogen and oxygen atoms in total. The Balaban J connectivity index is 1.50. The van der Waals surface area contributed by atoms with Crippen LogP contribution in [0.5, 0.6) is 0 Å². The molecule has 0 bridgehead atoms. The van der Waals surface area contributed by atoms with Gasteiger partial charge in [0, 0.05) is 27.7 Å². The van der Waals surface area contributed by atoms with Crippen LogP contribution in [0.3, 0.4) is 0 Å². The minimum absolute atomic E-state index is 0.113. The van der Waals surface area contributed by atoms with Crippen molar-refractivity contribution in [1.29, 1.82) is 10.5 Å². The van der Waals surface area contributed by atoms with Gasteiger partial charge in [-0.15, -0.1) is 22.7 Å². The van der Waals surface area contributed by atoms with Crippen molar-refractivity contribution in [3.63, 3.8) is 0 Å². The van der Waals surface area contributed by atoms with Crippen LogP contribution in [0.25, 0.3) is 53.6 Å². The monoisotopic (exact) mass is 908 g/mol. The van der Waals surface area contributed by atoms with E-state index in [1.807, 2.05) is 60.7 Å². The molecule has 0 atom stereocenters. The summed E-state index contributed by atoms with van der Waals surface area (Å²) in [4.78, 5) is 10.5. The van der Waals surface area contributed by atoms with Crippen molar-refractivity contribution < 1.29 is 0 Å². The zero-order chi connectivity index (χ0) is 46.3. The standard InChI is InChI=1S/C58H42B2N6S2/c1-38(2)53-51-52(56(46(37-62)58-64-48-33-19-21-35-50(48)68-58)65(53)59(40-23-8-4-9-24-40)41-25-10-5-11-26-41)54(44-31-17-16-22-39(44)3)66(60(42-27-12-6-13-28-42)43-29-14-7-15-30-43)55(51)45(36-61)57-63-47-32-18-20-34-49(47)67-57/h4-35,38H,1-3H3/b55-45-,56-46-. The van der Waals surface area contributed by atoms with Gasteiger partial charge in [0.05, 0.1) is 31.1 Å². The van der Waals surface area contributed by atoms with E-state index in [1.165, 1.54) is 22.7 Å². The third-order valence-electron chi connectivity index (χ3n) is 12.8. The van der Waals surface area contributed by atoms with Crippen LogP contribution in [0.1, 0.15) is 41.0 Å². The molecular weight excluding hydrogens is 866 g/mol. The van der Waals surface area contributed by atoms with E-state index in [0.29, 0.717) is 21.2 Å². The topological polar surface area (TPSA) is 83.2 Å². The normalized spacial score (nSPS) is 12.3. The van der Waals surface area contributed by atoms with E-state index in [-0.39, 0.29) is 12.8 Å². The maximum atomic E-state index is 12.0. The van der Waals surface area contributed by atoms with Crippen LogP contribution in [0.4, 0.5) is 0 Å². The highest BCUT2D eigenvalue weighted by atomic mass is 32.1. The molecule has 68 heavy (non-hydrogen) atoms. The molecule has 322 valence electrons. The van der Waals surface area contributed by atoms with E-state index in [4.69, 9.17) is 9.97 Å². The predicted octanol–water partition coefficient (Wildman–Crippen LogP) is 9.51. The summed E-state index contributed by atoms with van der Waals surface area (Å²) < 4.78 is 6.83. The summed E-state index contributed by atoms with van der Waals surface area (Å²) in [6.07, 6.45) is 0. The quantitative estimate of drug-likeness (QED) is 0.128. The lowest BCUT2D eigenvalue weighted by Gasteiger charge is -2.25. The first-order valence-electron chi connectivity index (χ1n) is 22.8. The molecule has 0 N–H and O–H groups in total. The van der Waals surface area contributed by atoms with E-state index < -0.39 is 6.85 Å². The van der Waals surface area contributed by atoms with E-state index in [0.717, 1.165) is 86.3 Å². The number of aryl methyl sites for hydroxylation is 1. The number of thiazole rings is 2. The third kappa shape index (κ3) is 7.27. The van der Waals surface area contributed by atoms with Gasteiger partial charge in [-0.3, -0.25) is 0 Å². The van der Waals surface area contributed by atoms with Gasteiger partial charge in [0.15, 0.2) is 0 Å². The summed E-state index contributed by atoms with van der Waals surface area (Å²) in [6.45, 7) is 5.82. The predicted molar refractivity (Wildman–Crippen MR) is 286 cm³/mol. The molecule has 0 aliphatic carbocycles. The van der Waals surface area contributed by atoms with Gasteiger partial charge < -0.3 is 8.96 Å². The number of benzene rings is 7. The SMILES string of the molecule is Cc1ccccc1-c1c2/c(=C(\C#N)c3nc4ccccc4s3)n(B(c3ccccc3)c3ccccc3)c(C(C)C)c2/c(=C(\C#N)c2nc3ccccc3s2)n1B(c1ccccc1)c1ccccc1. The van der Waals surface area contributed by atoms with Crippen LogP contribution in [0.2, 0.25) is 0 Å². The van der Waals surface area contributed by atoms with E-state index >= 15 is 0 Å². The van der Waals surface area contributed by atoms with Gasteiger partial charge in [0.25, 0.3) is 0 Å². The highest BCUT2D eigenvalue weighted by molar-refractivity contribution is 7.20. The zero-order valence-corrected chi connectivity index (χ0v) is 39.3. The van der Waals surface area contributed by atoms with Crippen LogP contribution >= 0.6 is 22.7 Å². The maximum Gasteiger partial charge on any atom is 0.328 e. The van der Waals surface area contributed by atoms with Gasteiger partial charge in [-0.05, 0) is 42.7 Å². The number of fused-ring (bicyclic) bond motifs is 3. The van der Waals surface area contributed by atoms with Crippen molar-refractivity contribution >= 4 is 101 Å². The zero-order valence-electron chi connectivity index (χ0n) is 37.7. The maximum absolute atomic E-state index is 12.0. The summed E-state index contributed by atoms with van der Waals surface area (Å²) in [7, 11) is 0. The highest BCUT2D eigenvalue weighted by Crippen LogP contribution is 2.37. The molecule has 4 aromatic heterocycles. The number of hydrogen-bond donors (Lipinski definition) is 0. The Morgan fingerprint density at radius 3 is 1.28 bits per heavy atom. The molecular formula is C58H42B2N6S2. The van der Waals surface area contributed by atoms with Crippen LogP contribution in [0, 0.1) is 29.6 Å². The minimum atomic E-state index is -0.416. The second-order valence-electron chi connectivity index (χ2n) is 17.3. The average molecular weight is 909 g/mol. The van der Waals surface area contributed by atoms with Crippen molar-refractivity contribution in [3.8, 4) is 23.4 Å². The molecule has 7 aromatic carbocycles. The van der Waals surface area contributed by atoms with Crippen molar-refractivity contribution in [2.75, 3.05) is 0 Å². The first-order chi connectivity index (χ1) is 33.4. The third-order valence-corrected chi connectivity index (χ3v) is 14.9. The second-order valence-corrected chi connectivity index (χ2v) is 19.3. The van der Waals surface area contributed by atoms with Crippen LogP contribution in [-0.4, -0.2) is 32.6 Å². The van der Waals surface area contributed by atoms with Crippen molar-refractivity contribution in [1.82, 2.24) is 18.9 Å². The van der Waals surface area contributed by atoms with Gasteiger partial charge in [0.2, 0.25) is 0 Å². The Hall–Kier alpha value is -8.01. The Kier molecular flexibility index (Phi) is 11.3. The minimum Gasteiger partial charge on any atom is -0.378 e. The summed E-state index contributed by atoms with van der Waals surface area (Å²) >= 11 is 3.06. The molecule has 0 aliphatic heterocycles. The highest BCUT2D eigenvalue weighted by Gasteiger charge is 2.38. The summed E-state index contributed by atoms with van der Waals surface area (Å²) in [6, 6.07) is 72.6. The average Bonchev–Trinajstić information content (AvgIpc) is 4.16. The Morgan fingerprint density at radius 1 is 0.485 bits per heavy atom. The lowest BCUT2D eigenvalue weighted by atomic mass is 9.50. The fourth-order valence-electron chi connectivity index (χ4n) is 10.0. The largest absolute Gasteiger partial charge is 0.378 e. The summed E-state index contributed by atoms with van der Waals surface area (Å²) in [5.41, 5.74) is 10.8. The smallest absolute Gasteiger partial charge is 0.328 e. The number of hydrogen-bond acceptors (Lipinski definition) is 6. The van der Waals surface area contributed by atoms with Gasteiger partial charge in [0.1, 0.15) is 33.3 Å². The first-order valence-corrected chi connectivity index (χ1v) is 24.4. The Bertz CT molecular complexity index is 3640. The van der Waals surface area contributed by atoms with Crippen molar-refractivity contribution in [2.24, 2.45) is 0 Å². The second kappa shape index (κ2) is 18.0. The molecule has 0 aliphatic rings. The van der Waals surface area contributed by atoms with E-state index in [9.17, 15) is 10.5 Å². The summed E-state index contributed by atoms with van der Waals surface area (Å²) in [5.74, 6) is -0.113. The van der Waals surface area contributed by atoms with Crippen LogP contribution in [0.15, 0.2) is 194 Å². The van der Waals surface area contributed by atoms with Crippen LogP contribution in [-0.2, 0) is 0 Å². The number of aromatic nitrogens is 4. The molecule has 0 amide bonds. The molecule has 0 spiro atoms. The number of nitrogens with zero attached hydrogens (tertiary/aromatic N) is 6. The van der Waals surface area contributed by atoms with E-state index in [2.05, 4.69) is 175 Å². The molecule has 10 heteroatoms. The number of rotatable bonds is 10. The number of para-hydroxylation sites is 2. The molecule has 11 aromatic rings. The molecule has 0 unspecified atom stereocenters. The lowest BCUT2D eigenvalue weighted by molar-refractivity contribution is 0.810.